The molecule has 3 aliphatic carbocycles. The maximum Gasteiger partial charge on any atom is 0.232 e. The summed E-state index contributed by atoms with van der Waals surface area (Å²) in [6.45, 7) is 4.53. The zero-order chi connectivity index (χ0) is 10.6. The molecule has 0 saturated heterocycles. The highest BCUT2D eigenvalue weighted by molar-refractivity contribution is 8.13. The molecular formula is C10H17ClO2S. The number of halogens is 1. The van der Waals surface area contributed by atoms with Crippen molar-refractivity contribution in [2.24, 2.45) is 23.2 Å². The molecule has 4 heteroatoms. The maximum atomic E-state index is 11.0. The van der Waals surface area contributed by atoms with Gasteiger partial charge in [0.05, 0.1) is 5.75 Å². The fraction of sp³-hybridized carbons (Fsp3) is 1.00. The lowest BCUT2D eigenvalue weighted by molar-refractivity contribution is -0.0976. The first-order chi connectivity index (χ1) is 6.31. The quantitative estimate of drug-likeness (QED) is 0.691. The average Bonchev–Trinajstić information content (AvgIpc) is 2.00. The smallest absolute Gasteiger partial charge is 0.212 e. The second-order valence-corrected chi connectivity index (χ2v) is 8.23. The van der Waals surface area contributed by atoms with Crippen LogP contribution in [0.2, 0.25) is 0 Å². The van der Waals surface area contributed by atoms with Crippen LogP contribution in [-0.4, -0.2) is 14.2 Å². The van der Waals surface area contributed by atoms with Gasteiger partial charge in [-0.2, -0.15) is 0 Å². The predicted molar refractivity (Wildman–Crippen MR) is 57.7 cm³/mol. The molecule has 2 nitrogen and oxygen atoms in total. The Morgan fingerprint density at radius 3 is 2.43 bits per heavy atom. The molecule has 2 bridgehead atoms. The Morgan fingerprint density at radius 2 is 2.00 bits per heavy atom. The molecule has 0 aromatic carbocycles. The molecule has 3 rings (SSSR count). The van der Waals surface area contributed by atoms with Gasteiger partial charge in [0.25, 0.3) is 0 Å². The average molecular weight is 237 g/mol. The summed E-state index contributed by atoms with van der Waals surface area (Å²) in [6.07, 6.45) is 3.44. The second-order valence-electron chi connectivity index (χ2n) is 5.40. The molecule has 82 valence electrons. The lowest BCUT2D eigenvalue weighted by Crippen LogP contribution is -2.53. The highest BCUT2D eigenvalue weighted by Gasteiger charge is 2.54. The van der Waals surface area contributed by atoms with Crippen LogP contribution in [0.15, 0.2) is 0 Å². The molecule has 14 heavy (non-hydrogen) atoms. The van der Waals surface area contributed by atoms with Gasteiger partial charge in [0.1, 0.15) is 0 Å². The van der Waals surface area contributed by atoms with Crippen LogP contribution in [0.25, 0.3) is 0 Å². The van der Waals surface area contributed by atoms with Crippen molar-refractivity contribution in [2.75, 3.05) is 5.75 Å². The first kappa shape index (κ1) is 10.7. The molecular weight excluding hydrogens is 220 g/mol. The Morgan fingerprint density at radius 1 is 1.36 bits per heavy atom. The van der Waals surface area contributed by atoms with Gasteiger partial charge in [-0.25, -0.2) is 8.42 Å². The minimum absolute atomic E-state index is 0.176. The summed E-state index contributed by atoms with van der Waals surface area (Å²) in [5.41, 5.74) is 0.352. The van der Waals surface area contributed by atoms with Gasteiger partial charge in [0.2, 0.25) is 9.05 Å². The van der Waals surface area contributed by atoms with Crippen LogP contribution in [-0.2, 0) is 9.05 Å². The highest BCUT2D eigenvalue weighted by atomic mass is 35.7. The van der Waals surface area contributed by atoms with Gasteiger partial charge >= 0.3 is 0 Å². The van der Waals surface area contributed by atoms with Crippen molar-refractivity contribution >= 4 is 19.7 Å². The maximum absolute atomic E-state index is 11.0. The molecule has 3 atom stereocenters. The monoisotopic (exact) mass is 236 g/mol. The van der Waals surface area contributed by atoms with Crippen LogP contribution in [0.4, 0.5) is 0 Å². The standard InChI is InChI=1S/C10H17ClO2S/c1-10(2)8-4-3-7(9(10)5-8)6-14(11,12)13/h7-9H,3-6H2,1-2H3/t7-,8+,9+/m1/s1. The van der Waals surface area contributed by atoms with E-state index < -0.39 is 9.05 Å². The van der Waals surface area contributed by atoms with Gasteiger partial charge in [-0.05, 0) is 42.4 Å². The molecule has 3 aliphatic rings. The summed E-state index contributed by atoms with van der Waals surface area (Å²) >= 11 is 0. The molecule has 0 radical (unpaired) electrons. The summed E-state index contributed by atoms with van der Waals surface area (Å²) in [5, 5.41) is 0. The van der Waals surface area contributed by atoms with Crippen molar-refractivity contribution in [1.29, 1.82) is 0 Å². The Kier molecular flexibility index (Phi) is 2.39. The van der Waals surface area contributed by atoms with Gasteiger partial charge in [0.15, 0.2) is 0 Å². The first-order valence-electron chi connectivity index (χ1n) is 5.23. The van der Waals surface area contributed by atoms with Crippen molar-refractivity contribution in [2.45, 2.75) is 33.1 Å². The van der Waals surface area contributed by atoms with Gasteiger partial charge in [-0.1, -0.05) is 13.8 Å². The third-order valence-electron chi connectivity index (χ3n) is 4.41. The van der Waals surface area contributed by atoms with E-state index in [4.69, 9.17) is 10.7 Å². The summed E-state index contributed by atoms with van der Waals surface area (Å²) in [6, 6.07) is 0. The molecule has 0 amide bonds. The topological polar surface area (TPSA) is 34.1 Å². The van der Waals surface area contributed by atoms with Gasteiger partial charge in [0, 0.05) is 10.7 Å². The molecule has 3 fully saturated rings. The van der Waals surface area contributed by atoms with Crippen molar-refractivity contribution in [3.63, 3.8) is 0 Å². The van der Waals surface area contributed by atoms with E-state index in [1.54, 1.807) is 0 Å². The Labute approximate surface area is 90.4 Å². The van der Waals surface area contributed by atoms with Crippen LogP contribution < -0.4 is 0 Å². The highest BCUT2D eigenvalue weighted by Crippen LogP contribution is 2.61. The zero-order valence-corrected chi connectivity index (χ0v) is 10.2. The van der Waals surface area contributed by atoms with Crippen LogP contribution in [0.3, 0.4) is 0 Å². The van der Waals surface area contributed by atoms with Crippen molar-refractivity contribution in [3.8, 4) is 0 Å². The summed E-state index contributed by atoms with van der Waals surface area (Å²) in [7, 11) is 2.00. The second kappa shape index (κ2) is 3.11. The predicted octanol–water partition coefficient (Wildman–Crippen LogP) is 2.63. The van der Waals surface area contributed by atoms with E-state index in [-0.39, 0.29) is 5.75 Å². The van der Waals surface area contributed by atoms with E-state index in [1.807, 2.05) is 0 Å². The third kappa shape index (κ3) is 1.69. The molecule has 0 aromatic rings. The number of fused-ring (bicyclic) bond motifs is 2. The van der Waals surface area contributed by atoms with Gasteiger partial charge in [-0.15, -0.1) is 0 Å². The van der Waals surface area contributed by atoms with E-state index in [0.29, 0.717) is 17.3 Å². The van der Waals surface area contributed by atoms with Gasteiger partial charge < -0.3 is 0 Å². The molecule has 0 spiro atoms. The minimum Gasteiger partial charge on any atom is -0.212 e. The number of hydrogen-bond acceptors (Lipinski definition) is 2. The summed E-state index contributed by atoms with van der Waals surface area (Å²) in [5.74, 6) is 1.88. The van der Waals surface area contributed by atoms with Crippen molar-refractivity contribution in [1.82, 2.24) is 0 Å². The molecule has 3 saturated carbocycles. The van der Waals surface area contributed by atoms with Crippen LogP contribution in [0.5, 0.6) is 0 Å². The lowest BCUT2D eigenvalue weighted by Gasteiger charge is -2.60. The summed E-state index contributed by atoms with van der Waals surface area (Å²) < 4.78 is 22.1. The Bertz CT molecular complexity index is 332. The molecule has 0 aromatic heterocycles. The van der Waals surface area contributed by atoms with E-state index in [9.17, 15) is 8.42 Å². The molecule has 0 unspecified atom stereocenters. The Balaban J connectivity index is 2.08. The third-order valence-corrected chi connectivity index (χ3v) is 5.62. The van der Waals surface area contributed by atoms with Crippen LogP contribution in [0.1, 0.15) is 33.1 Å². The first-order valence-corrected chi connectivity index (χ1v) is 7.71. The lowest BCUT2D eigenvalue weighted by atomic mass is 9.46. The van der Waals surface area contributed by atoms with E-state index in [0.717, 1.165) is 12.3 Å². The molecule has 0 aliphatic heterocycles. The minimum atomic E-state index is -3.31. The van der Waals surface area contributed by atoms with E-state index in [2.05, 4.69) is 13.8 Å². The SMILES string of the molecule is CC1(C)[C@H]2CC[C@H](CS(=O)(=O)Cl)[C@@H]1C2. The van der Waals surface area contributed by atoms with Crippen molar-refractivity contribution < 1.29 is 8.42 Å². The van der Waals surface area contributed by atoms with Crippen LogP contribution >= 0.6 is 10.7 Å². The largest absolute Gasteiger partial charge is 0.232 e. The number of hydrogen-bond donors (Lipinski definition) is 0. The van der Waals surface area contributed by atoms with Gasteiger partial charge in [-0.3, -0.25) is 0 Å². The normalized spacial score (nSPS) is 40.4. The fourth-order valence-electron chi connectivity index (χ4n) is 3.42. The Hall–Kier alpha value is 0.240. The zero-order valence-electron chi connectivity index (χ0n) is 8.66. The fourth-order valence-corrected chi connectivity index (χ4v) is 4.81. The van der Waals surface area contributed by atoms with Crippen molar-refractivity contribution in [3.05, 3.63) is 0 Å². The molecule has 0 heterocycles. The van der Waals surface area contributed by atoms with Crippen LogP contribution in [0, 0.1) is 23.2 Å². The van der Waals surface area contributed by atoms with E-state index >= 15 is 0 Å². The van der Waals surface area contributed by atoms with E-state index in [1.165, 1.54) is 12.8 Å². The molecule has 0 N–H and O–H groups in total. The number of rotatable bonds is 2. The summed E-state index contributed by atoms with van der Waals surface area (Å²) in [4.78, 5) is 0.